The van der Waals surface area contributed by atoms with Gasteiger partial charge in [0.2, 0.25) is 5.29 Å². The fourth-order valence-corrected chi connectivity index (χ4v) is 1.24. The van der Waals surface area contributed by atoms with Gasteiger partial charge in [0.05, 0.1) is 0 Å². The molecule has 0 aliphatic rings. The number of amidine groups is 1. The maximum Gasteiger partial charge on any atom is 0.220 e. The summed E-state index contributed by atoms with van der Waals surface area (Å²) in [5.74, 6) is 0.603. The molecule has 1 rings (SSSR count). The molecule has 1 heterocycles. The molecule has 1 aromatic rings. The molecule has 0 aliphatic carbocycles. The minimum atomic E-state index is -0.409. The topological polar surface area (TPSA) is 68.3 Å². The molecule has 0 aromatic carbocycles. The van der Waals surface area contributed by atoms with E-state index in [1.165, 1.54) is 17.4 Å². The van der Waals surface area contributed by atoms with Gasteiger partial charge in [0.15, 0.2) is 0 Å². The van der Waals surface area contributed by atoms with Crippen LogP contribution >= 0.6 is 23.2 Å². The van der Waals surface area contributed by atoms with Crippen LogP contribution in [-0.2, 0) is 0 Å². The van der Waals surface area contributed by atoms with Crippen molar-refractivity contribution in [3.8, 4) is 0 Å². The van der Waals surface area contributed by atoms with Crippen LogP contribution in [-0.4, -0.2) is 36.8 Å². The Morgan fingerprint density at radius 3 is 2.39 bits per heavy atom. The van der Waals surface area contributed by atoms with Gasteiger partial charge in [-0.1, -0.05) is 38.8 Å². The SMILES string of the molecule is CC/C(=N\C(Cl)=N/C(C)Cl)n1cnnn1.CCC. The van der Waals surface area contributed by atoms with Gasteiger partial charge in [-0.05, 0) is 29.0 Å². The zero-order valence-electron chi connectivity index (χ0n) is 11.0. The monoisotopic (exact) mass is 292 g/mol. The van der Waals surface area contributed by atoms with Crippen LogP contribution in [0.3, 0.4) is 0 Å². The number of hydrogen-bond donors (Lipinski definition) is 0. The minimum absolute atomic E-state index is 0.0878. The summed E-state index contributed by atoms with van der Waals surface area (Å²) >= 11 is 11.4. The van der Waals surface area contributed by atoms with E-state index in [0.717, 1.165) is 0 Å². The molecule has 1 atom stereocenters. The number of nitrogens with zero attached hydrogens (tertiary/aromatic N) is 6. The average Bonchev–Trinajstić information content (AvgIpc) is 2.79. The third-order valence-corrected chi connectivity index (χ3v) is 1.72. The largest absolute Gasteiger partial charge is 0.237 e. The van der Waals surface area contributed by atoms with Crippen LogP contribution in [0, 0.1) is 0 Å². The Labute approximate surface area is 117 Å². The van der Waals surface area contributed by atoms with Gasteiger partial charge in [-0.2, -0.15) is 4.68 Å². The highest BCUT2D eigenvalue weighted by Gasteiger charge is 2.03. The molecule has 0 fully saturated rings. The maximum absolute atomic E-state index is 5.76. The molecule has 1 unspecified atom stereocenters. The lowest BCUT2D eigenvalue weighted by Crippen LogP contribution is -2.13. The van der Waals surface area contributed by atoms with Gasteiger partial charge in [0, 0.05) is 6.42 Å². The molecule has 0 aliphatic heterocycles. The zero-order chi connectivity index (χ0) is 14.0. The molecular weight excluding hydrogens is 275 g/mol. The lowest BCUT2D eigenvalue weighted by molar-refractivity contribution is 0.807. The second-order valence-electron chi connectivity index (χ2n) is 3.32. The Kier molecular flexibility index (Phi) is 9.40. The van der Waals surface area contributed by atoms with Gasteiger partial charge in [-0.15, -0.1) is 5.10 Å². The van der Waals surface area contributed by atoms with E-state index in [-0.39, 0.29) is 5.29 Å². The minimum Gasteiger partial charge on any atom is -0.237 e. The summed E-state index contributed by atoms with van der Waals surface area (Å²) < 4.78 is 1.43. The molecule has 8 heteroatoms. The summed E-state index contributed by atoms with van der Waals surface area (Å²) in [6.45, 7) is 7.86. The third-order valence-electron chi connectivity index (χ3n) is 1.44. The summed E-state index contributed by atoms with van der Waals surface area (Å²) in [5, 5.41) is 10.8. The van der Waals surface area contributed by atoms with Crippen LogP contribution in [0.1, 0.15) is 40.5 Å². The lowest BCUT2D eigenvalue weighted by atomic mass is 10.4. The first-order valence-corrected chi connectivity index (χ1v) is 6.54. The molecule has 0 amide bonds. The van der Waals surface area contributed by atoms with E-state index in [2.05, 4.69) is 39.4 Å². The number of halogens is 2. The van der Waals surface area contributed by atoms with Crippen molar-refractivity contribution in [2.24, 2.45) is 9.98 Å². The summed E-state index contributed by atoms with van der Waals surface area (Å²) in [6, 6.07) is 0. The molecule has 0 saturated heterocycles. The van der Waals surface area contributed by atoms with Crippen molar-refractivity contribution < 1.29 is 0 Å². The van der Waals surface area contributed by atoms with Crippen molar-refractivity contribution in [3.63, 3.8) is 0 Å². The molecule has 1 aromatic heterocycles. The van der Waals surface area contributed by atoms with E-state index in [0.29, 0.717) is 12.3 Å². The molecule has 102 valence electrons. The van der Waals surface area contributed by atoms with Gasteiger partial charge < -0.3 is 0 Å². The predicted octanol–water partition coefficient (Wildman–Crippen LogP) is 2.93. The summed E-state index contributed by atoms with van der Waals surface area (Å²) in [6.07, 6.45) is 3.32. The average molecular weight is 293 g/mol. The van der Waals surface area contributed by atoms with E-state index in [4.69, 9.17) is 23.2 Å². The molecule has 0 saturated carbocycles. The smallest absolute Gasteiger partial charge is 0.220 e. The van der Waals surface area contributed by atoms with Gasteiger partial charge in [0.25, 0.3) is 0 Å². The first kappa shape index (κ1) is 17.0. The fraction of sp³-hybridized carbons (Fsp3) is 0.700. The van der Waals surface area contributed by atoms with Crippen molar-refractivity contribution in [1.29, 1.82) is 0 Å². The highest BCUT2D eigenvalue weighted by molar-refractivity contribution is 6.65. The Morgan fingerprint density at radius 1 is 1.39 bits per heavy atom. The second-order valence-corrected chi connectivity index (χ2v) is 4.28. The normalized spacial score (nSPS) is 13.9. The fourth-order valence-electron chi connectivity index (χ4n) is 0.854. The molecule has 18 heavy (non-hydrogen) atoms. The molecule has 0 radical (unpaired) electrons. The van der Waals surface area contributed by atoms with Crippen molar-refractivity contribution >= 4 is 34.3 Å². The molecule has 6 nitrogen and oxygen atoms in total. The number of alkyl halides is 1. The standard InChI is InChI=1S/C7H10Cl2N6.C3H8/c1-3-6(15-4-10-13-14-15)12-7(9)11-5(2)8;1-3-2/h4-5H,3H2,1-2H3;3H2,1-2H3/b11-7-,12-6+;. The number of aliphatic imine (C=N–C) groups is 2. The van der Waals surface area contributed by atoms with Crippen LogP contribution in [0.4, 0.5) is 0 Å². The summed E-state index contributed by atoms with van der Waals surface area (Å²) in [7, 11) is 0. The van der Waals surface area contributed by atoms with Crippen molar-refractivity contribution in [3.05, 3.63) is 6.33 Å². The van der Waals surface area contributed by atoms with E-state index >= 15 is 0 Å². The van der Waals surface area contributed by atoms with Crippen molar-refractivity contribution in [2.75, 3.05) is 0 Å². The molecule has 0 N–H and O–H groups in total. The summed E-state index contributed by atoms with van der Waals surface area (Å²) in [5.41, 5.74) is -0.409. The summed E-state index contributed by atoms with van der Waals surface area (Å²) in [4.78, 5) is 7.90. The molecule has 0 spiro atoms. The zero-order valence-corrected chi connectivity index (χ0v) is 12.5. The highest BCUT2D eigenvalue weighted by Crippen LogP contribution is 2.01. The predicted molar refractivity (Wildman–Crippen MR) is 75.5 cm³/mol. The lowest BCUT2D eigenvalue weighted by Gasteiger charge is -2.00. The molecular formula is C10H18Cl2N6. The molecule has 0 bridgehead atoms. The number of tetrazole rings is 1. The Hall–Kier alpha value is -1.01. The van der Waals surface area contributed by atoms with Crippen LogP contribution < -0.4 is 0 Å². The van der Waals surface area contributed by atoms with Gasteiger partial charge in [0.1, 0.15) is 17.7 Å². The Morgan fingerprint density at radius 2 is 2.00 bits per heavy atom. The Bertz CT molecular complexity index is 372. The van der Waals surface area contributed by atoms with E-state index < -0.39 is 5.50 Å². The number of rotatable bonds is 2. The number of aromatic nitrogens is 4. The maximum atomic E-state index is 5.76. The van der Waals surface area contributed by atoms with Crippen molar-refractivity contribution in [2.45, 2.75) is 46.0 Å². The van der Waals surface area contributed by atoms with Gasteiger partial charge in [-0.3, -0.25) is 0 Å². The number of hydrogen-bond acceptors (Lipinski definition) is 4. The second kappa shape index (κ2) is 9.96. The van der Waals surface area contributed by atoms with Gasteiger partial charge >= 0.3 is 0 Å². The first-order chi connectivity index (χ1) is 8.54. The van der Waals surface area contributed by atoms with Crippen LogP contribution in [0.5, 0.6) is 0 Å². The van der Waals surface area contributed by atoms with Crippen molar-refractivity contribution in [1.82, 2.24) is 20.2 Å². The van der Waals surface area contributed by atoms with Crippen LogP contribution in [0.15, 0.2) is 16.3 Å². The quantitative estimate of drug-likeness (QED) is 0.364. The van der Waals surface area contributed by atoms with Crippen LogP contribution in [0.2, 0.25) is 0 Å². The van der Waals surface area contributed by atoms with E-state index in [9.17, 15) is 0 Å². The highest BCUT2D eigenvalue weighted by atomic mass is 35.5. The first-order valence-electron chi connectivity index (χ1n) is 5.73. The van der Waals surface area contributed by atoms with E-state index in [1.807, 2.05) is 6.92 Å². The van der Waals surface area contributed by atoms with Crippen LogP contribution in [0.25, 0.3) is 0 Å². The third kappa shape index (κ3) is 7.34. The van der Waals surface area contributed by atoms with Gasteiger partial charge in [-0.25, -0.2) is 9.98 Å². The van der Waals surface area contributed by atoms with E-state index in [1.54, 1.807) is 6.92 Å². The Balaban J connectivity index is 0.000000873.